The first-order valence-electron chi connectivity index (χ1n) is 5.17. The first-order valence-corrected chi connectivity index (χ1v) is 6.12. The van der Waals surface area contributed by atoms with Crippen molar-refractivity contribution in [2.75, 3.05) is 6.61 Å². The molecule has 0 aromatic carbocycles. The van der Waals surface area contributed by atoms with Gasteiger partial charge in [0.05, 0.1) is 6.10 Å². The number of ether oxygens (including phenoxy) is 1. The zero-order valence-electron chi connectivity index (χ0n) is 8.82. The molecular weight excluding hydrogens is 182 g/mol. The predicted octanol–water partition coefficient (Wildman–Crippen LogP) is 2.02. The van der Waals surface area contributed by atoms with Crippen LogP contribution in [0, 0.1) is 0 Å². The van der Waals surface area contributed by atoms with Crippen LogP contribution in [0.25, 0.3) is 0 Å². The van der Waals surface area contributed by atoms with E-state index in [0.717, 1.165) is 13.0 Å². The van der Waals surface area contributed by atoms with E-state index in [9.17, 15) is 0 Å². The molecule has 2 nitrogen and oxygen atoms in total. The molecule has 13 heavy (non-hydrogen) atoms. The van der Waals surface area contributed by atoms with Crippen molar-refractivity contribution in [1.82, 2.24) is 0 Å². The molecule has 0 amide bonds. The van der Waals surface area contributed by atoms with E-state index in [4.69, 9.17) is 10.5 Å². The highest BCUT2D eigenvalue weighted by molar-refractivity contribution is 8.00. The summed E-state index contributed by atoms with van der Waals surface area (Å²) in [5.74, 6) is 0. The summed E-state index contributed by atoms with van der Waals surface area (Å²) < 4.78 is 5.52. The van der Waals surface area contributed by atoms with Crippen LogP contribution in [0.4, 0.5) is 0 Å². The van der Waals surface area contributed by atoms with Crippen molar-refractivity contribution in [3.8, 4) is 0 Å². The Labute approximate surface area is 85.6 Å². The molecule has 0 aliphatic carbocycles. The van der Waals surface area contributed by atoms with Crippen molar-refractivity contribution in [2.24, 2.45) is 5.73 Å². The van der Waals surface area contributed by atoms with Gasteiger partial charge in [-0.2, -0.15) is 11.8 Å². The van der Waals surface area contributed by atoms with Crippen LogP contribution in [0.5, 0.6) is 0 Å². The van der Waals surface area contributed by atoms with Crippen LogP contribution in [0.3, 0.4) is 0 Å². The Balaban J connectivity index is 2.30. The third-order valence-electron chi connectivity index (χ3n) is 2.77. The Kier molecular flexibility index (Phi) is 4.56. The summed E-state index contributed by atoms with van der Waals surface area (Å²) in [4.78, 5) is 0. The lowest BCUT2D eigenvalue weighted by atomic mass is 10.2. The summed E-state index contributed by atoms with van der Waals surface area (Å²) in [6.45, 7) is 7.46. The molecule has 0 bridgehead atoms. The molecule has 0 radical (unpaired) electrons. The molecule has 1 saturated heterocycles. The molecule has 1 heterocycles. The van der Waals surface area contributed by atoms with Crippen LogP contribution in [-0.4, -0.2) is 29.3 Å². The van der Waals surface area contributed by atoms with Gasteiger partial charge >= 0.3 is 0 Å². The van der Waals surface area contributed by atoms with E-state index in [2.05, 4.69) is 20.8 Å². The Bertz CT molecular complexity index is 154. The van der Waals surface area contributed by atoms with Crippen LogP contribution < -0.4 is 5.73 Å². The van der Waals surface area contributed by atoms with Crippen molar-refractivity contribution in [3.05, 3.63) is 0 Å². The van der Waals surface area contributed by atoms with Crippen molar-refractivity contribution in [1.29, 1.82) is 0 Å². The lowest BCUT2D eigenvalue weighted by Gasteiger charge is -2.23. The van der Waals surface area contributed by atoms with Crippen molar-refractivity contribution >= 4 is 11.8 Å². The van der Waals surface area contributed by atoms with Crippen molar-refractivity contribution in [2.45, 2.75) is 56.3 Å². The molecule has 0 spiro atoms. The SMILES string of the molecule is CCC(N)C(C)SC1CCOC1C. The lowest BCUT2D eigenvalue weighted by Crippen LogP contribution is -2.32. The highest BCUT2D eigenvalue weighted by atomic mass is 32.2. The molecule has 1 aliphatic heterocycles. The summed E-state index contributed by atoms with van der Waals surface area (Å²) in [7, 11) is 0. The quantitative estimate of drug-likeness (QED) is 0.759. The molecule has 0 saturated carbocycles. The number of nitrogens with two attached hydrogens (primary N) is 1. The molecule has 78 valence electrons. The minimum atomic E-state index is 0.331. The highest BCUT2D eigenvalue weighted by Gasteiger charge is 2.27. The molecule has 1 rings (SSSR count). The second-order valence-electron chi connectivity index (χ2n) is 3.82. The molecule has 0 aromatic rings. The van der Waals surface area contributed by atoms with Gasteiger partial charge in [0.25, 0.3) is 0 Å². The molecule has 0 aromatic heterocycles. The van der Waals surface area contributed by atoms with Gasteiger partial charge in [0.2, 0.25) is 0 Å². The van der Waals surface area contributed by atoms with E-state index >= 15 is 0 Å². The van der Waals surface area contributed by atoms with Gasteiger partial charge in [-0.05, 0) is 19.8 Å². The fraction of sp³-hybridized carbons (Fsp3) is 1.00. The van der Waals surface area contributed by atoms with Crippen LogP contribution in [0.2, 0.25) is 0 Å². The van der Waals surface area contributed by atoms with Gasteiger partial charge in [-0.1, -0.05) is 13.8 Å². The second kappa shape index (κ2) is 5.23. The number of hydrogen-bond acceptors (Lipinski definition) is 3. The van der Waals surface area contributed by atoms with Crippen LogP contribution >= 0.6 is 11.8 Å². The second-order valence-corrected chi connectivity index (χ2v) is 5.44. The number of hydrogen-bond donors (Lipinski definition) is 1. The molecule has 1 fully saturated rings. The van der Waals surface area contributed by atoms with Gasteiger partial charge in [-0.25, -0.2) is 0 Å². The van der Waals surface area contributed by atoms with E-state index < -0.39 is 0 Å². The average molecular weight is 203 g/mol. The van der Waals surface area contributed by atoms with E-state index in [1.165, 1.54) is 6.42 Å². The highest BCUT2D eigenvalue weighted by Crippen LogP contribution is 2.30. The maximum atomic E-state index is 5.98. The molecule has 3 heteroatoms. The normalized spacial score (nSPS) is 33.2. The molecule has 4 unspecified atom stereocenters. The van der Waals surface area contributed by atoms with Gasteiger partial charge in [0.1, 0.15) is 0 Å². The summed E-state index contributed by atoms with van der Waals surface area (Å²) in [6, 6.07) is 0.331. The fourth-order valence-electron chi connectivity index (χ4n) is 1.60. The van der Waals surface area contributed by atoms with Gasteiger partial charge < -0.3 is 10.5 Å². The minimum absolute atomic E-state index is 0.331. The minimum Gasteiger partial charge on any atom is -0.377 e. The Morgan fingerprint density at radius 1 is 1.62 bits per heavy atom. The lowest BCUT2D eigenvalue weighted by molar-refractivity contribution is 0.127. The fourth-order valence-corrected chi connectivity index (χ4v) is 3.08. The van der Waals surface area contributed by atoms with Gasteiger partial charge in [-0.3, -0.25) is 0 Å². The standard InChI is InChI=1S/C10H21NOS/c1-4-9(11)8(3)13-10-5-6-12-7(10)2/h7-10H,4-6,11H2,1-3H3. The molecule has 4 atom stereocenters. The van der Waals surface area contributed by atoms with Crippen LogP contribution in [0.1, 0.15) is 33.6 Å². The van der Waals surface area contributed by atoms with Crippen molar-refractivity contribution < 1.29 is 4.74 Å². The Hall–Kier alpha value is 0.270. The van der Waals surface area contributed by atoms with E-state index in [1.807, 2.05) is 11.8 Å². The largest absolute Gasteiger partial charge is 0.377 e. The van der Waals surface area contributed by atoms with Crippen LogP contribution in [0.15, 0.2) is 0 Å². The summed E-state index contributed by atoms with van der Waals surface area (Å²) in [5.41, 5.74) is 5.98. The monoisotopic (exact) mass is 203 g/mol. The maximum absolute atomic E-state index is 5.98. The third-order valence-corrected chi connectivity index (χ3v) is 4.52. The van der Waals surface area contributed by atoms with E-state index in [0.29, 0.717) is 22.6 Å². The number of rotatable bonds is 4. The summed E-state index contributed by atoms with van der Waals surface area (Å²) in [6.07, 6.45) is 2.67. The summed E-state index contributed by atoms with van der Waals surface area (Å²) in [5, 5.41) is 1.21. The topological polar surface area (TPSA) is 35.2 Å². The molecular formula is C10H21NOS. The molecule has 1 aliphatic rings. The first kappa shape index (κ1) is 11.3. The smallest absolute Gasteiger partial charge is 0.0666 e. The van der Waals surface area contributed by atoms with Crippen LogP contribution in [-0.2, 0) is 4.74 Å². The Morgan fingerprint density at radius 3 is 2.77 bits per heavy atom. The first-order chi connectivity index (χ1) is 6.15. The van der Waals surface area contributed by atoms with E-state index in [-0.39, 0.29) is 0 Å². The van der Waals surface area contributed by atoms with Gasteiger partial charge in [0.15, 0.2) is 0 Å². The Morgan fingerprint density at radius 2 is 2.31 bits per heavy atom. The van der Waals surface area contributed by atoms with E-state index in [1.54, 1.807) is 0 Å². The molecule has 2 N–H and O–H groups in total. The van der Waals surface area contributed by atoms with Gasteiger partial charge in [-0.15, -0.1) is 0 Å². The zero-order valence-corrected chi connectivity index (χ0v) is 9.64. The average Bonchev–Trinajstić information content (AvgIpc) is 2.50. The maximum Gasteiger partial charge on any atom is 0.0666 e. The predicted molar refractivity (Wildman–Crippen MR) is 59.1 cm³/mol. The third kappa shape index (κ3) is 3.15. The zero-order chi connectivity index (χ0) is 9.84. The van der Waals surface area contributed by atoms with Gasteiger partial charge in [0, 0.05) is 23.1 Å². The van der Waals surface area contributed by atoms with Crippen molar-refractivity contribution in [3.63, 3.8) is 0 Å². The number of thioether (sulfide) groups is 1. The summed E-state index contributed by atoms with van der Waals surface area (Å²) >= 11 is 2.00.